The molecule has 23 heavy (non-hydrogen) atoms. The van der Waals surface area contributed by atoms with E-state index in [-0.39, 0.29) is 10.7 Å². The second-order valence-electron chi connectivity index (χ2n) is 7.49. The van der Waals surface area contributed by atoms with E-state index in [4.69, 9.17) is 4.74 Å². The van der Waals surface area contributed by atoms with E-state index in [9.17, 15) is 13.2 Å². The molecule has 0 aromatic heterocycles. The van der Waals surface area contributed by atoms with Gasteiger partial charge in [0.25, 0.3) is 0 Å². The summed E-state index contributed by atoms with van der Waals surface area (Å²) in [5, 5.41) is 0. The molecule has 0 amide bonds. The Morgan fingerprint density at radius 2 is 1.65 bits per heavy atom. The predicted octanol–water partition coefficient (Wildman–Crippen LogP) is 2.69. The second-order valence-corrected chi connectivity index (χ2v) is 9.47. The Morgan fingerprint density at radius 3 is 2.09 bits per heavy atom. The highest BCUT2D eigenvalue weighted by Crippen LogP contribution is 2.35. The van der Waals surface area contributed by atoms with Crippen molar-refractivity contribution in [3.8, 4) is 0 Å². The molecule has 0 aliphatic carbocycles. The molecule has 1 heterocycles. The molecular weight excluding hydrogens is 314 g/mol. The van der Waals surface area contributed by atoms with Crippen LogP contribution in [0.2, 0.25) is 0 Å². The molecule has 0 N–H and O–H groups in total. The van der Waals surface area contributed by atoms with Crippen LogP contribution in [-0.2, 0) is 14.6 Å². The van der Waals surface area contributed by atoms with Gasteiger partial charge in [-0.2, -0.15) is 0 Å². The van der Waals surface area contributed by atoms with E-state index >= 15 is 0 Å². The number of hydrogen-bond acceptors (Lipinski definition) is 5. The third-order valence-corrected chi connectivity index (χ3v) is 4.95. The average Bonchev–Trinajstić information content (AvgIpc) is 2.33. The summed E-state index contributed by atoms with van der Waals surface area (Å²) in [6.45, 7) is 10.5. The molecule has 0 unspecified atom stereocenters. The number of morpholine rings is 1. The highest BCUT2D eigenvalue weighted by Gasteiger charge is 2.39. The number of carbonyl (C=O) groups is 1. The largest absolute Gasteiger partial charge is 0.366 e. The summed E-state index contributed by atoms with van der Waals surface area (Å²) in [5.41, 5.74) is 0.255. The molecule has 1 aromatic rings. The molecule has 0 spiro atoms. The smallest absolute Gasteiger partial charge is 0.177 e. The highest BCUT2D eigenvalue weighted by atomic mass is 32.2. The molecule has 0 saturated carbocycles. The molecule has 1 fully saturated rings. The lowest BCUT2D eigenvalue weighted by Crippen LogP contribution is -2.57. The normalized spacial score (nSPS) is 20.3. The van der Waals surface area contributed by atoms with Crippen molar-refractivity contribution in [1.29, 1.82) is 0 Å². The van der Waals surface area contributed by atoms with Crippen LogP contribution in [0.5, 0.6) is 0 Å². The van der Waals surface area contributed by atoms with Crippen molar-refractivity contribution in [3.63, 3.8) is 0 Å². The summed E-state index contributed by atoms with van der Waals surface area (Å²) in [7, 11) is -3.39. The lowest BCUT2D eigenvalue weighted by atomic mass is 9.98. The van der Waals surface area contributed by atoms with E-state index in [0.29, 0.717) is 24.3 Å². The van der Waals surface area contributed by atoms with Crippen molar-refractivity contribution in [2.24, 2.45) is 0 Å². The maximum atomic E-state index is 12.2. The van der Waals surface area contributed by atoms with Gasteiger partial charge in [-0.25, -0.2) is 8.42 Å². The zero-order valence-corrected chi connectivity index (χ0v) is 15.5. The Labute approximate surface area is 138 Å². The van der Waals surface area contributed by atoms with Crippen LogP contribution in [-0.4, -0.2) is 44.7 Å². The number of benzene rings is 1. The lowest BCUT2D eigenvalue weighted by molar-refractivity contribution is -0.133. The fourth-order valence-electron chi connectivity index (χ4n) is 3.26. The zero-order valence-electron chi connectivity index (χ0n) is 14.6. The molecular formula is C17H25NO4S. The summed E-state index contributed by atoms with van der Waals surface area (Å²) < 4.78 is 30.4. The van der Waals surface area contributed by atoms with Gasteiger partial charge in [0.15, 0.2) is 15.6 Å². The van der Waals surface area contributed by atoms with Crippen LogP contribution in [0.15, 0.2) is 23.1 Å². The summed E-state index contributed by atoms with van der Waals surface area (Å²) in [6.07, 6.45) is 1.19. The molecule has 6 heteroatoms. The van der Waals surface area contributed by atoms with Gasteiger partial charge in [0, 0.05) is 24.9 Å². The Balaban J connectivity index is 2.60. The number of nitrogens with zero attached hydrogens (tertiary/aromatic N) is 1. The lowest BCUT2D eigenvalue weighted by Gasteiger charge is -2.48. The van der Waals surface area contributed by atoms with Crippen molar-refractivity contribution in [1.82, 2.24) is 0 Å². The molecule has 1 saturated heterocycles. The van der Waals surface area contributed by atoms with E-state index in [2.05, 4.69) is 0 Å². The minimum absolute atomic E-state index is 0.0851. The highest BCUT2D eigenvalue weighted by molar-refractivity contribution is 7.90. The number of Topliss-reactive ketones (excluding diaryl/α,β-unsaturated/α-hetero) is 1. The zero-order chi connectivity index (χ0) is 17.6. The third-order valence-electron chi connectivity index (χ3n) is 3.80. The molecule has 1 aromatic carbocycles. The first-order valence-corrected chi connectivity index (χ1v) is 9.50. The fraction of sp³-hybridized carbons (Fsp3) is 0.588. The first-order valence-electron chi connectivity index (χ1n) is 7.61. The number of ether oxygens (including phenoxy) is 1. The van der Waals surface area contributed by atoms with Crippen LogP contribution < -0.4 is 4.90 Å². The standard InChI is InChI=1S/C17H25NO4S/c1-12(19)13-7-8-15(23(6,20)21)14(9-13)18-10-16(2,3)22-17(4,5)11-18/h7-9H,10-11H2,1-6H3. The molecule has 1 aliphatic heterocycles. The van der Waals surface area contributed by atoms with Gasteiger partial charge in [0.1, 0.15) is 0 Å². The molecule has 0 radical (unpaired) electrons. The minimum atomic E-state index is -3.39. The van der Waals surface area contributed by atoms with Gasteiger partial charge in [0.05, 0.1) is 21.8 Å². The van der Waals surface area contributed by atoms with Gasteiger partial charge < -0.3 is 9.64 Å². The van der Waals surface area contributed by atoms with E-state index in [0.717, 1.165) is 0 Å². The van der Waals surface area contributed by atoms with Crippen LogP contribution in [0.4, 0.5) is 5.69 Å². The number of carbonyl (C=O) groups excluding carboxylic acids is 1. The fourth-order valence-corrected chi connectivity index (χ4v) is 4.14. The van der Waals surface area contributed by atoms with Crippen molar-refractivity contribution in [2.75, 3.05) is 24.2 Å². The number of ketones is 1. The number of sulfone groups is 1. The van der Waals surface area contributed by atoms with Crippen molar-refractivity contribution in [2.45, 2.75) is 50.7 Å². The Kier molecular flexibility index (Phi) is 4.37. The summed E-state index contributed by atoms with van der Waals surface area (Å²) in [6, 6.07) is 4.77. The topological polar surface area (TPSA) is 63.7 Å². The van der Waals surface area contributed by atoms with Crippen molar-refractivity contribution in [3.05, 3.63) is 23.8 Å². The molecule has 5 nitrogen and oxygen atoms in total. The maximum Gasteiger partial charge on any atom is 0.177 e. The monoisotopic (exact) mass is 339 g/mol. The minimum Gasteiger partial charge on any atom is -0.366 e. The molecule has 1 aliphatic rings. The van der Waals surface area contributed by atoms with Gasteiger partial charge >= 0.3 is 0 Å². The van der Waals surface area contributed by atoms with Crippen molar-refractivity contribution >= 4 is 21.3 Å². The van der Waals surface area contributed by atoms with Crippen LogP contribution in [0.1, 0.15) is 45.0 Å². The molecule has 0 atom stereocenters. The molecule has 2 rings (SSSR count). The Bertz CT molecular complexity index is 719. The SMILES string of the molecule is CC(=O)c1ccc(S(C)(=O)=O)c(N2CC(C)(C)OC(C)(C)C2)c1. The van der Waals surface area contributed by atoms with Crippen LogP contribution >= 0.6 is 0 Å². The van der Waals surface area contributed by atoms with Gasteiger partial charge in [-0.1, -0.05) is 0 Å². The quantitative estimate of drug-likeness (QED) is 0.792. The first-order chi connectivity index (χ1) is 10.3. The number of hydrogen-bond donors (Lipinski definition) is 0. The van der Waals surface area contributed by atoms with Crippen LogP contribution in [0.3, 0.4) is 0 Å². The van der Waals surface area contributed by atoms with Gasteiger partial charge in [-0.05, 0) is 52.8 Å². The summed E-state index contributed by atoms with van der Waals surface area (Å²) in [5.74, 6) is -0.0851. The van der Waals surface area contributed by atoms with Crippen molar-refractivity contribution < 1.29 is 17.9 Å². The molecule has 128 valence electrons. The van der Waals surface area contributed by atoms with E-state index in [1.807, 2.05) is 32.6 Å². The van der Waals surface area contributed by atoms with Gasteiger partial charge in [-0.15, -0.1) is 0 Å². The van der Waals surface area contributed by atoms with E-state index < -0.39 is 21.0 Å². The Morgan fingerprint density at radius 1 is 1.13 bits per heavy atom. The Hall–Kier alpha value is -1.40. The van der Waals surface area contributed by atoms with Gasteiger partial charge in [0.2, 0.25) is 0 Å². The van der Waals surface area contributed by atoms with E-state index in [1.165, 1.54) is 19.2 Å². The number of anilines is 1. The predicted molar refractivity (Wildman–Crippen MR) is 91.0 cm³/mol. The third kappa shape index (κ3) is 4.12. The average molecular weight is 339 g/mol. The van der Waals surface area contributed by atoms with E-state index in [1.54, 1.807) is 12.1 Å². The van der Waals surface area contributed by atoms with Crippen LogP contribution in [0.25, 0.3) is 0 Å². The first kappa shape index (κ1) is 17.9. The van der Waals surface area contributed by atoms with Gasteiger partial charge in [-0.3, -0.25) is 4.79 Å². The molecule has 0 bridgehead atoms. The summed E-state index contributed by atoms with van der Waals surface area (Å²) in [4.78, 5) is 14.0. The maximum absolute atomic E-state index is 12.2. The van der Waals surface area contributed by atoms with Crippen LogP contribution in [0, 0.1) is 0 Å². The second kappa shape index (κ2) is 5.60. The summed E-state index contributed by atoms with van der Waals surface area (Å²) >= 11 is 0. The number of rotatable bonds is 3.